The van der Waals surface area contributed by atoms with E-state index in [0.29, 0.717) is 13.2 Å². The third kappa shape index (κ3) is 6.43. The standard InChI is InChI=1S/C31H32O6/c32-18-27-28(34-21-24-15-16-25-13-7-8-14-26(25)17-24)29(35-19-22-9-3-1-4-10-22)30(31(33)37-27)36-20-23-11-5-2-6-12-23/h1-17,27-33H,18-21H2/t27-,28-,29+,30+,31?/m0/s1. The Kier molecular flexibility index (Phi) is 8.58. The Bertz CT molecular complexity index is 1250. The van der Waals surface area contributed by atoms with Gasteiger partial charge >= 0.3 is 0 Å². The van der Waals surface area contributed by atoms with Crippen molar-refractivity contribution < 1.29 is 29.2 Å². The molecule has 5 atom stereocenters. The summed E-state index contributed by atoms with van der Waals surface area (Å²) in [4.78, 5) is 0. The highest BCUT2D eigenvalue weighted by Gasteiger charge is 2.47. The van der Waals surface area contributed by atoms with E-state index < -0.39 is 30.7 Å². The zero-order chi connectivity index (χ0) is 25.5. The van der Waals surface area contributed by atoms with Crippen molar-refractivity contribution in [3.8, 4) is 0 Å². The highest BCUT2D eigenvalue weighted by Crippen LogP contribution is 2.30. The van der Waals surface area contributed by atoms with Crippen LogP contribution in [0.25, 0.3) is 10.8 Å². The molecule has 0 bridgehead atoms. The fourth-order valence-electron chi connectivity index (χ4n) is 4.67. The molecule has 1 unspecified atom stereocenters. The monoisotopic (exact) mass is 500 g/mol. The quantitative estimate of drug-likeness (QED) is 0.331. The Morgan fingerprint density at radius 1 is 0.568 bits per heavy atom. The van der Waals surface area contributed by atoms with Crippen LogP contribution in [0.2, 0.25) is 0 Å². The second-order valence-electron chi connectivity index (χ2n) is 9.23. The fourth-order valence-corrected chi connectivity index (χ4v) is 4.67. The largest absolute Gasteiger partial charge is 0.394 e. The second kappa shape index (κ2) is 12.4. The number of hydrogen-bond donors (Lipinski definition) is 2. The third-order valence-electron chi connectivity index (χ3n) is 6.62. The van der Waals surface area contributed by atoms with Gasteiger partial charge in [0.25, 0.3) is 0 Å². The summed E-state index contributed by atoms with van der Waals surface area (Å²) in [6, 6.07) is 33.9. The van der Waals surface area contributed by atoms with E-state index >= 15 is 0 Å². The van der Waals surface area contributed by atoms with Gasteiger partial charge in [0.1, 0.15) is 24.4 Å². The molecule has 4 aromatic carbocycles. The average Bonchev–Trinajstić information content (AvgIpc) is 2.95. The van der Waals surface area contributed by atoms with Crippen molar-refractivity contribution >= 4 is 10.8 Å². The lowest BCUT2D eigenvalue weighted by Crippen LogP contribution is -2.61. The van der Waals surface area contributed by atoms with Crippen molar-refractivity contribution in [2.45, 2.75) is 50.5 Å². The molecule has 1 fully saturated rings. The van der Waals surface area contributed by atoms with E-state index in [0.717, 1.165) is 27.5 Å². The molecule has 4 aromatic rings. The van der Waals surface area contributed by atoms with E-state index in [1.165, 1.54) is 0 Å². The highest BCUT2D eigenvalue weighted by molar-refractivity contribution is 5.82. The van der Waals surface area contributed by atoms with Crippen LogP contribution in [-0.2, 0) is 38.8 Å². The molecule has 1 heterocycles. The second-order valence-corrected chi connectivity index (χ2v) is 9.23. The Morgan fingerprint density at radius 3 is 1.76 bits per heavy atom. The first kappa shape index (κ1) is 25.5. The maximum atomic E-state index is 10.8. The maximum Gasteiger partial charge on any atom is 0.184 e. The summed E-state index contributed by atoms with van der Waals surface area (Å²) in [6.45, 7) is 0.549. The molecule has 37 heavy (non-hydrogen) atoms. The number of fused-ring (bicyclic) bond motifs is 1. The van der Waals surface area contributed by atoms with Crippen LogP contribution in [0.5, 0.6) is 0 Å². The van der Waals surface area contributed by atoms with Gasteiger partial charge in [-0.1, -0.05) is 97.1 Å². The topological polar surface area (TPSA) is 77.4 Å². The zero-order valence-electron chi connectivity index (χ0n) is 20.6. The highest BCUT2D eigenvalue weighted by atomic mass is 16.7. The smallest absolute Gasteiger partial charge is 0.184 e. The van der Waals surface area contributed by atoms with Gasteiger partial charge in [-0.05, 0) is 33.5 Å². The van der Waals surface area contributed by atoms with Crippen LogP contribution in [-0.4, -0.2) is 47.5 Å². The van der Waals surface area contributed by atoms with Crippen LogP contribution in [0.4, 0.5) is 0 Å². The van der Waals surface area contributed by atoms with Crippen molar-refractivity contribution in [2.24, 2.45) is 0 Å². The molecular formula is C31H32O6. The number of rotatable bonds is 10. The first-order valence-electron chi connectivity index (χ1n) is 12.6. The van der Waals surface area contributed by atoms with Crippen LogP contribution >= 0.6 is 0 Å². The van der Waals surface area contributed by atoms with Crippen LogP contribution < -0.4 is 0 Å². The Hall–Kier alpha value is -3.10. The van der Waals surface area contributed by atoms with Gasteiger partial charge < -0.3 is 29.2 Å². The number of benzene rings is 4. The molecule has 0 aliphatic carbocycles. The lowest BCUT2D eigenvalue weighted by Gasteiger charge is -2.44. The van der Waals surface area contributed by atoms with Gasteiger partial charge in [-0.15, -0.1) is 0 Å². The van der Waals surface area contributed by atoms with Gasteiger partial charge in [-0.2, -0.15) is 0 Å². The number of aliphatic hydroxyl groups is 2. The predicted molar refractivity (Wildman–Crippen MR) is 141 cm³/mol. The molecule has 0 spiro atoms. The Labute approximate surface area is 217 Å². The summed E-state index contributed by atoms with van der Waals surface area (Å²) >= 11 is 0. The number of hydrogen-bond acceptors (Lipinski definition) is 6. The minimum atomic E-state index is -1.28. The minimum absolute atomic E-state index is 0.276. The first-order chi connectivity index (χ1) is 18.2. The molecule has 1 aliphatic rings. The van der Waals surface area contributed by atoms with Crippen molar-refractivity contribution in [2.75, 3.05) is 6.61 Å². The van der Waals surface area contributed by atoms with E-state index in [4.69, 9.17) is 18.9 Å². The van der Waals surface area contributed by atoms with Gasteiger partial charge in [0, 0.05) is 0 Å². The van der Waals surface area contributed by atoms with Crippen molar-refractivity contribution in [1.82, 2.24) is 0 Å². The van der Waals surface area contributed by atoms with E-state index in [2.05, 4.69) is 24.3 Å². The average molecular weight is 501 g/mol. The van der Waals surface area contributed by atoms with Gasteiger partial charge in [0.05, 0.1) is 26.4 Å². The van der Waals surface area contributed by atoms with Gasteiger partial charge in [-0.3, -0.25) is 0 Å². The van der Waals surface area contributed by atoms with Crippen molar-refractivity contribution in [1.29, 1.82) is 0 Å². The third-order valence-corrected chi connectivity index (χ3v) is 6.62. The molecule has 0 saturated carbocycles. The SMILES string of the molecule is OC[C@@H]1OC(O)[C@H](OCc2ccccc2)[C@H](OCc2ccccc2)[C@H]1OCc1ccc2ccccc2c1. The van der Waals surface area contributed by atoms with E-state index in [9.17, 15) is 10.2 Å². The summed E-state index contributed by atoms with van der Waals surface area (Å²) in [5.74, 6) is 0. The molecular weight excluding hydrogens is 468 g/mol. The molecule has 0 amide bonds. The normalized spacial score (nSPS) is 23.8. The first-order valence-corrected chi connectivity index (χ1v) is 12.6. The van der Waals surface area contributed by atoms with Crippen LogP contribution in [0, 0.1) is 0 Å². The van der Waals surface area contributed by atoms with Gasteiger partial charge in [-0.25, -0.2) is 0 Å². The molecule has 6 nitrogen and oxygen atoms in total. The van der Waals surface area contributed by atoms with Crippen LogP contribution in [0.15, 0.2) is 103 Å². The van der Waals surface area contributed by atoms with E-state index in [-0.39, 0.29) is 13.2 Å². The van der Waals surface area contributed by atoms with Gasteiger partial charge in [0.2, 0.25) is 0 Å². The maximum absolute atomic E-state index is 10.8. The lowest BCUT2D eigenvalue weighted by atomic mass is 9.98. The van der Waals surface area contributed by atoms with Crippen molar-refractivity contribution in [3.05, 3.63) is 120 Å². The van der Waals surface area contributed by atoms with E-state index in [1.54, 1.807) is 0 Å². The summed E-state index contributed by atoms with van der Waals surface area (Å²) in [5, 5.41) is 23.2. The number of ether oxygens (including phenoxy) is 4. The number of aliphatic hydroxyl groups excluding tert-OH is 2. The Balaban J connectivity index is 1.36. The molecule has 192 valence electrons. The molecule has 2 N–H and O–H groups in total. The Morgan fingerprint density at radius 2 is 1.11 bits per heavy atom. The summed E-state index contributed by atoms with van der Waals surface area (Å²) in [7, 11) is 0. The summed E-state index contributed by atoms with van der Waals surface area (Å²) < 4.78 is 24.6. The summed E-state index contributed by atoms with van der Waals surface area (Å²) in [6.07, 6.45) is -4.20. The van der Waals surface area contributed by atoms with Gasteiger partial charge in [0.15, 0.2) is 6.29 Å². The lowest BCUT2D eigenvalue weighted by molar-refractivity contribution is -0.315. The molecule has 5 rings (SSSR count). The molecule has 0 radical (unpaired) electrons. The van der Waals surface area contributed by atoms with Crippen LogP contribution in [0.3, 0.4) is 0 Å². The molecule has 1 saturated heterocycles. The minimum Gasteiger partial charge on any atom is -0.394 e. The summed E-state index contributed by atoms with van der Waals surface area (Å²) in [5.41, 5.74) is 2.94. The van der Waals surface area contributed by atoms with Crippen LogP contribution in [0.1, 0.15) is 16.7 Å². The molecule has 6 heteroatoms. The van der Waals surface area contributed by atoms with Crippen molar-refractivity contribution in [3.63, 3.8) is 0 Å². The molecule has 0 aromatic heterocycles. The predicted octanol–water partition coefficient (Wildman–Crippen LogP) is 4.61. The molecule has 1 aliphatic heterocycles. The zero-order valence-corrected chi connectivity index (χ0v) is 20.6. The van der Waals surface area contributed by atoms with E-state index in [1.807, 2.05) is 78.9 Å². The fraction of sp³-hybridized carbons (Fsp3) is 0.290.